The van der Waals surface area contributed by atoms with Crippen molar-refractivity contribution in [2.75, 3.05) is 44.4 Å². The summed E-state index contributed by atoms with van der Waals surface area (Å²) in [5.41, 5.74) is 0. The number of ether oxygens (including phenoxy) is 1. The third-order valence-electron chi connectivity index (χ3n) is 1.97. The fourth-order valence-electron chi connectivity index (χ4n) is 1.22. The highest BCUT2D eigenvalue weighted by atomic mass is 32.2. The summed E-state index contributed by atoms with van der Waals surface area (Å²) in [6, 6.07) is 0. The molecule has 1 rings (SSSR count). The molecule has 1 amide bonds. The quantitative estimate of drug-likeness (QED) is 0.633. The zero-order chi connectivity index (χ0) is 10.4. The molecule has 0 radical (unpaired) electrons. The summed E-state index contributed by atoms with van der Waals surface area (Å²) in [6.07, 6.45) is 0. The SMILES string of the molecule is O=C(CS(=O)CCO)N1CCOCC1. The van der Waals surface area contributed by atoms with Gasteiger partial charge in [-0.1, -0.05) is 0 Å². The lowest BCUT2D eigenvalue weighted by atomic mass is 10.4. The first-order valence-corrected chi connectivity index (χ1v) is 6.04. The van der Waals surface area contributed by atoms with Gasteiger partial charge in [0, 0.05) is 29.6 Å². The highest BCUT2D eigenvalue weighted by Gasteiger charge is 2.18. The summed E-state index contributed by atoms with van der Waals surface area (Å²) in [6.45, 7) is 2.13. The normalized spacial score (nSPS) is 19.4. The second kappa shape index (κ2) is 6.10. The van der Waals surface area contributed by atoms with Crippen molar-refractivity contribution >= 4 is 16.7 Å². The third kappa shape index (κ3) is 3.73. The summed E-state index contributed by atoms with van der Waals surface area (Å²) in [7, 11) is -1.23. The minimum absolute atomic E-state index is 0.0144. The first-order chi connectivity index (χ1) is 6.74. The predicted molar refractivity (Wildman–Crippen MR) is 52.4 cm³/mol. The lowest BCUT2D eigenvalue weighted by molar-refractivity contribution is -0.132. The zero-order valence-corrected chi connectivity index (χ0v) is 8.79. The van der Waals surface area contributed by atoms with Gasteiger partial charge < -0.3 is 14.7 Å². The van der Waals surface area contributed by atoms with Crippen molar-refractivity contribution in [2.24, 2.45) is 0 Å². The second-order valence-electron chi connectivity index (χ2n) is 3.01. The molecule has 1 N–H and O–H groups in total. The number of amides is 1. The number of aliphatic hydroxyl groups is 1. The van der Waals surface area contributed by atoms with Gasteiger partial charge in [-0.05, 0) is 0 Å². The molecule has 0 aromatic rings. The maximum Gasteiger partial charge on any atom is 0.235 e. The average molecular weight is 221 g/mol. The molecule has 1 heterocycles. The maximum atomic E-state index is 11.5. The first kappa shape index (κ1) is 11.6. The van der Waals surface area contributed by atoms with E-state index in [2.05, 4.69) is 0 Å². The van der Waals surface area contributed by atoms with E-state index in [0.717, 1.165) is 0 Å². The van der Waals surface area contributed by atoms with Gasteiger partial charge in [0.15, 0.2) is 0 Å². The Hall–Kier alpha value is -0.460. The van der Waals surface area contributed by atoms with Crippen LogP contribution in [0, 0.1) is 0 Å². The van der Waals surface area contributed by atoms with E-state index in [9.17, 15) is 9.00 Å². The molecule has 1 aliphatic heterocycles. The number of aliphatic hydroxyl groups excluding tert-OH is 1. The Morgan fingerprint density at radius 1 is 1.43 bits per heavy atom. The summed E-state index contributed by atoms with van der Waals surface area (Å²) >= 11 is 0. The van der Waals surface area contributed by atoms with Crippen molar-refractivity contribution in [3.8, 4) is 0 Å². The van der Waals surface area contributed by atoms with E-state index in [1.54, 1.807) is 4.90 Å². The lowest BCUT2D eigenvalue weighted by Crippen LogP contribution is -2.42. The van der Waals surface area contributed by atoms with Gasteiger partial charge in [-0.15, -0.1) is 0 Å². The van der Waals surface area contributed by atoms with Crippen LogP contribution < -0.4 is 0 Å². The van der Waals surface area contributed by atoms with Crippen molar-refractivity contribution < 1.29 is 18.8 Å². The van der Waals surface area contributed by atoms with Crippen LogP contribution >= 0.6 is 0 Å². The Balaban J connectivity index is 2.29. The van der Waals surface area contributed by atoms with E-state index < -0.39 is 10.8 Å². The molecule has 1 atom stereocenters. The van der Waals surface area contributed by atoms with Crippen LogP contribution in [-0.4, -0.2) is 64.5 Å². The molecule has 1 fully saturated rings. The van der Waals surface area contributed by atoms with Crippen molar-refractivity contribution in [2.45, 2.75) is 0 Å². The van der Waals surface area contributed by atoms with Crippen LogP contribution in [0.15, 0.2) is 0 Å². The van der Waals surface area contributed by atoms with Crippen molar-refractivity contribution in [3.63, 3.8) is 0 Å². The number of carbonyl (C=O) groups is 1. The van der Waals surface area contributed by atoms with Crippen LogP contribution in [0.4, 0.5) is 0 Å². The molecule has 1 unspecified atom stereocenters. The topological polar surface area (TPSA) is 66.8 Å². The van der Waals surface area contributed by atoms with E-state index in [4.69, 9.17) is 9.84 Å². The smallest absolute Gasteiger partial charge is 0.235 e. The minimum atomic E-state index is -1.23. The predicted octanol–water partition coefficient (Wildman–Crippen LogP) is -1.41. The molecule has 0 spiro atoms. The minimum Gasteiger partial charge on any atom is -0.395 e. The third-order valence-corrected chi connectivity index (χ3v) is 3.17. The second-order valence-corrected chi connectivity index (χ2v) is 4.58. The molecule has 0 saturated carbocycles. The standard InChI is InChI=1S/C8H15NO4S/c10-3-6-14(12)7-8(11)9-1-4-13-5-2-9/h10H,1-7H2. The van der Waals surface area contributed by atoms with Crippen LogP contribution in [0.1, 0.15) is 0 Å². The van der Waals surface area contributed by atoms with Gasteiger partial charge >= 0.3 is 0 Å². The monoisotopic (exact) mass is 221 g/mol. The number of morpholine rings is 1. The van der Waals surface area contributed by atoms with Crippen LogP contribution in [0.3, 0.4) is 0 Å². The van der Waals surface area contributed by atoms with Gasteiger partial charge in [-0.3, -0.25) is 9.00 Å². The van der Waals surface area contributed by atoms with Crippen molar-refractivity contribution in [1.29, 1.82) is 0 Å². The Kier molecular flexibility index (Phi) is 5.06. The zero-order valence-electron chi connectivity index (χ0n) is 7.98. The van der Waals surface area contributed by atoms with Gasteiger partial charge in [-0.25, -0.2) is 0 Å². The largest absolute Gasteiger partial charge is 0.395 e. The molecule has 0 aromatic carbocycles. The summed E-state index contributed by atoms with van der Waals surface area (Å²) < 4.78 is 16.3. The average Bonchev–Trinajstić information content (AvgIpc) is 2.19. The van der Waals surface area contributed by atoms with Crippen molar-refractivity contribution in [3.05, 3.63) is 0 Å². The van der Waals surface area contributed by atoms with Crippen LogP contribution in [0.5, 0.6) is 0 Å². The Morgan fingerprint density at radius 2 is 2.07 bits per heavy atom. The summed E-state index contributed by atoms with van der Waals surface area (Å²) in [5.74, 6) is 0.0801. The number of hydrogen-bond donors (Lipinski definition) is 1. The lowest BCUT2D eigenvalue weighted by Gasteiger charge is -2.26. The van der Waals surface area contributed by atoms with Gasteiger partial charge in [0.05, 0.1) is 19.8 Å². The van der Waals surface area contributed by atoms with E-state index in [0.29, 0.717) is 26.3 Å². The Bertz CT molecular complexity index is 215. The molecular formula is C8H15NO4S. The molecule has 0 aliphatic carbocycles. The van der Waals surface area contributed by atoms with Gasteiger partial charge in [0.1, 0.15) is 5.75 Å². The van der Waals surface area contributed by atoms with Gasteiger partial charge in [-0.2, -0.15) is 0 Å². The molecule has 1 aliphatic rings. The Morgan fingerprint density at radius 3 is 2.64 bits per heavy atom. The van der Waals surface area contributed by atoms with E-state index in [-0.39, 0.29) is 24.0 Å². The summed E-state index contributed by atoms with van der Waals surface area (Å²) in [4.78, 5) is 13.1. The molecule has 0 aromatic heterocycles. The van der Waals surface area contributed by atoms with Crippen molar-refractivity contribution in [1.82, 2.24) is 4.90 Å². The van der Waals surface area contributed by atoms with Crippen LogP contribution in [0.25, 0.3) is 0 Å². The number of rotatable bonds is 4. The number of carbonyl (C=O) groups excluding carboxylic acids is 1. The Labute approximate surface area is 85.5 Å². The molecule has 5 nitrogen and oxygen atoms in total. The number of hydrogen-bond acceptors (Lipinski definition) is 4. The van der Waals surface area contributed by atoms with Gasteiger partial charge in [0.25, 0.3) is 0 Å². The maximum absolute atomic E-state index is 11.5. The number of nitrogens with zero attached hydrogens (tertiary/aromatic N) is 1. The van der Waals surface area contributed by atoms with E-state index in [1.807, 2.05) is 0 Å². The summed E-state index contributed by atoms with van der Waals surface area (Å²) in [5, 5.41) is 8.52. The molecule has 0 bridgehead atoms. The van der Waals surface area contributed by atoms with Crippen LogP contribution in [-0.2, 0) is 20.3 Å². The molecule has 1 saturated heterocycles. The molecular weight excluding hydrogens is 206 g/mol. The molecule has 14 heavy (non-hydrogen) atoms. The fraction of sp³-hybridized carbons (Fsp3) is 0.875. The highest BCUT2D eigenvalue weighted by Crippen LogP contribution is 1.98. The van der Waals surface area contributed by atoms with Crippen LogP contribution in [0.2, 0.25) is 0 Å². The van der Waals surface area contributed by atoms with Gasteiger partial charge in [0.2, 0.25) is 5.91 Å². The molecule has 82 valence electrons. The van der Waals surface area contributed by atoms with E-state index >= 15 is 0 Å². The van der Waals surface area contributed by atoms with E-state index in [1.165, 1.54) is 0 Å². The highest BCUT2D eigenvalue weighted by molar-refractivity contribution is 7.85. The first-order valence-electron chi connectivity index (χ1n) is 4.55. The fourth-order valence-corrected chi connectivity index (χ4v) is 2.02. The molecule has 6 heteroatoms.